The highest BCUT2D eigenvalue weighted by Gasteiger charge is 2.28. The highest BCUT2D eigenvalue weighted by Crippen LogP contribution is 2.28. The number of nitrogens with one attached hydrogen (secondary N) is 1. The molecule has 2 heterocycles. The summed E-state index contributed by atoms with van der Waals surface area (Å²) in [5.41, 5.74) is 1.81. The molecule has 0 saturated carbocycles. The third kappa shape index (κ3) is 6.24. The summed E-state index contributed by atoms with van der Waals surface area (Å²) in [5.74, 6) is -0.367. The average molecular weight is 537 g/mol. The SMILES string of the molecule is NS(=O)(=O)c1ccc(CCNC(=O)c2cc(S(=O)(=O)N3CCCCC3)ccc2N2CCOCC2)cc1. The highest BCUT2D eigenvalue weighted by atomic mass is 32.2. The van der Waals surface area contributed by atoms with Gasteiger partial charge in [0.15, 0.2) is 0 Å². The molecule has 2 aromatic rings. The number of rotatable bonds is 8. The van der Waals surface area contributed by atoms with Crippen LogP contribution in [0.2, 0.25) is 0 Å². The number of sulfonamides is 2. The maximum absolute atomic E-state index is 13.3. The Bertz CT molecular complexity index is 1280. The van der Waals surface area contributed by atoms with Gasteiger partial charge >= 0.3 is 0 Å². The summed E-state index contributed by atoms with van der Waals surface area (Å²) in [5, 5.41) is 8.02. The van der Waals surface area contributed by atoms with Crippen molar-refractivity contribution in [1.29, 1.82) is 0 Å². The molecule has 0 spiro atoms. The highest BCUT2D eigenvalue weighted by molar-refractivity contribution is 7.89. The molecule has 0 unspecified atom stereocenters. The Morgan fingerprint density at radius 2 is 1.53 bits per heavy atom. The van der Waals surface area contributed by atoms with E-state index in [9.17, 15) is 21.6 Å². The first-order valence-electron chi connectivity index (χ1n) is 12.0. The zero-order chi connectivity index (χ0) is 25.8. The lowest BCUT2D eigenvalue weighted by molar-refractivity contribution is 0.0952. The van der Waals surface area contributed by atoms with Gasteiger partial charge in [-0.05, 0) is 55.2 Å². The number of carbonyl (C=O) groups is 1. The van der Waals surface area contributed by atoms with Crippen LogP contribution in [-0.4, -0.2) is 73.0 Å². The van der Waals surface area contributed by atoms with E-state index in [4.69, 9.17) is 9.88 Å². The fourth-order valence-electron chi connectivity index (χ4n) is 4.45. The third-order valence-corrected chi connectivity index (χ3v) is 9.29. The molecule has 0 bridgehead atoms. The Kier molecular flexibility index (Phi) is 8.30. The van der Waals surface area contributed by atoms with E-state index in [0.717, 1.165) is 24.8 Å². The molecule has 0 radical (unpaired) electrons. The molecule has 0 aliphatic carbocycles. The van der Waals surface area contributed by atoms with Crippen molar-refractivity contribution >= 4 is 31.6 Å². The second-order valence-electron chi connectivity index (χ2n) is 8.94. The lowest BCUT2D eigenvalue weighted by Crippen LogP contribution is -2.38. The van der Waals surface area contributed by atoms with Crippen molar-refractivity contribution < 1.29 is 26.4 Å². The molecular formula is C24H32N4O6S2. The van der Waals surface area contributed by atoms with Crippen LogP contribution in [0, 0.1) is 0 Å². The normalized spacial score (nSPS) is 17.6. The van der Waals surface area contributed by atoms with Gasteiger partial charge in [-0.2, -0.15) is 4.31 Å². The summed E-state index contributed by atoms with van der Waals surface area (Å²) in [6, 6.07) is 10.9. The number of nitrogens with two attached hydrogens (primary N) is 1. The van der Waals surface area contributed by atoms with E-state index < -0.39 is 20.0 Å². The number of amides is 1. The molecule has 2 fully saturated rings. The van der Waals surface area contributed by atoms with Crippen LogP contribution in [-0.2, 0) is 31.2 Å². The largest absolute Gasteiger partial charge is 0.378 e. The van der Waals surface area contributed by atoms with Crippen molar-refractivity contribution in [1.82, 2.24) is 9.62 Å². The van der Waals surface area contributed by atoms with Crippen molar-refractivity contribution in [2.24, 2.45) is 5.14 Å². The number of morpholine rings is 1. The summed E-state index contributed by atoms with van der Waals surface area (Å²) in [4.78, 5) is 15.4. The van der Waals surface area contributed by atoms with Gasteiger partial charge in [0.25, 0.3) is 5.91 Å². The Morgan fingerprint density at radius 1 is 0.889 bits per heavy atom. The number of hydrogen-bond acceptors (Lipinski definition) is 7. The van der Waals surface area contributed by atoms with Gasteiger partial charge in [0.2, 0.25) is 20.0 Å². The summed E-state index contributed by atoms with van der Waals surface area (Å²) in [6.07, 6.45) is 3.14. The number of carbonyl (C=O) groups excluding carboxylic acids is 1. The van der Waals surface area contributed by atoms with Gasteiger partial charge in [0, 0.05) is 38.4 Å². The molecule has 0 aromatic heterocycles. The van der Waals surface area contributed by atoms with Crippen LogP contribution in [0.4, 0.5) is 5.69 Å². The van der Waals surface area contributed by atoms with Crippen LogP contribution >= 0.6 is 0 Å². The molecule has 36 heavy (non-hydrogen) atoms. The Hall–Kier alpha value is -2.51. The van der Waals surface area contributed by atoms with Gasteiger partial charge in [-0.25, -0.2) is 22.0 Å². The molecule has 2 aliphatic rings. The van der Waals surface area contributed by atoms with Gasteiger partial charge in [-0.3, -0.25) is 4.79 Å². The second kappa shape index (κ2) is 11.3. The Morgan fingerprint density at radius 3 is 2.17 bits per heavy atom. The van der Waals surface area contributed by atoms with Gasteiger partial charge in [-0.15, -0.1) is 0 Å². The number of anilines is 1. The number of nitrogens with zero attached hydrogens (tertiary/aromatic N) is 2. The minimum absolute atomic E-state index is 0.0252. The standard InChI is InChI=1S/C24H32N4O6S2/c25-35(30,31)20-6-4-19(5-7-20)10-11-26-24(29)22-18-21(36(32,33)28-12-2-1-3-13-28)8-9-23(22)27-14-16-34-17-15-27/h4-9,18H,1-3,10-17H2,(H,26,29)(H2,25,30,31). The Labute approximate surface area is 212 Å². The van der Waals surface area contributed by atoms with Crippen LogP contribution in [0.3, 0.4) is 0 Å². The fraction of sp³-hybridized carbons (Fsp3) is 0.458. The minimum Gasteiger partial charge on any atom is -0.378 e. The van der Waals surface area contributed by atoms with Gasteiger partial charge in [0.1, 0.15) is 0 Å². The fourth-order valence-corrected chi connectivity index (χ4v) is 6.51. The summed E-state index contributed by atoms with van der Waals surface area (Å²) in [7, 11) is -7.46. The van der Waals surface area contributed by atoms with Crippen LogP contribution in [0.1, 0.15) is 35.2 Å². The van der Waals surface area contributed by atoms with Crippen LogP contribution in [0.5, 0.6) is 0 Å². The van der Waals surface area contributed by atoms with Crippen molar-refractivity contribution in [3.8, 4) is 0 Å². The van der Waals surface area contributed by atoms with Crippen LogP contribution in [0.15, 0.2) is 52.3 Å². The molecular weight excluding hydrogens is 504 g/mol. The quantitative estimate of drug-likeness (QED) is 0.519. The van der Waals surface area contributed by atoms with Crippen molar-refractivity contribution in [3.05, 3.63) is 53.6 Å². The van der Waals surface area contributed by atoms with E-state index in [1.54, 1.807) is 24.3 Å². The number of ether oxygens (including phenoxy) is 1. The molecule has 2 saturated heterocycles. The first-order valence-corrected chi connectivity index (χ1v) is 15.0. The third-order valence-electron chi connectivity index (χ3n) is 6.47. The molecule has 1 amide bonds. The van der Waals surface area contributed by atoms with Gasteiger partial charge in [0.05, 0.1) is 28.6 Å². The molecule has 12 heteroatoms. The predicted octanol–water partition coefficient (Wildman–Crippen LogP) is 1.32. The molecule has 196 valence electrons. The van der Waals surface area contributed by atoms with Crippen LogP contribution in [0.25, 0.3) is 0 Å². The monoisotopic (exact) mass is 536 g/mol. The van der Waals surface area contributed by atoms with Gasteiger partial charge < -0.3 is 15.0 Å². The van der Waals surface area contributed by atoms with Crippen molar-refractivity contribution in [2.45, 2.75) is 35.5 Å². The number of primary sulfonamides is 1. The summed E-state index contributed by atoms with van der Waals surface area (Å²) < 4.78 is 56.3. The van der Waals surface area contributed by atoms with Gasteiger partial charge in [-0.1, -0.05) is 18.6 Å². The van der Waals surface area contributed by atoms with E-state index in [-0.39, 0.29) is 15.7 Å². The molecule has 3 N–H and O–H groups in total. The van der Waals surface area contributed by atoms with E-state index in [1.807, 2.05) is 4.90 Å². The number of piperidine rings is 1. The molecule has 2 aliphatic heterocycles. The van der Waals surface area contributed by atoms with E-state index >= 15 is 0 Å². The maximum Gasteiger partial charge on any atom is 0.253 e. The number of hydrogen-bond donors (Lipinski definition) is 2. The molecule has 0 atom stereocenters. The van der Waals surface area contributed by atoms with E-state index in [0.29, 0.717) is 63.6 Å². The average Bonchev–Trinajstić information content (AvgIpc) is 2.89. The zero-order valence-corrected chi connectivity index (χ0v) is 21.7. The lowest BCUT2D eigenvalue weighted by Gasteiger charge is -2.31. The van der Waals surface area contributed by atoms with E-state index in [1.165, 1.54) is 22.5 Å². The topological polar surface area (TPSA) is 139 Å². The summed E-state index contributed by atoms with van der Waals surface area (Å²) >= 11 is 0. The first kappa shape index (κ1) is 26.6. The minimum atomic E-state index is -3.77. The lowest BCUT2D eigenvalue weighted by atomic mass is 10.1. The molecule has 2 aromatic carbocycles. The smallest absolute Gasteiger partial charge is 0.253 e. The van der Waals surface area contributed by atoms with Crippen LogP contribution < -0.4 is 15.4 Å². The van der Waals surface area contributed by atoms with E-state index in [2.05, 4.69) is 5.32 Å². The summed E-state index contributed by atoms with van der Waals surface area (Å²) in [6.45, 7) is 3.54. The molecule has 4 rings (SSSR count). The zero-order valence-electron chi connectivity index (χ0n) is 20.1. The second-order valence-corrected chi connectivity index (χ2v) is 12.4. The Balaban J connectivity index is 1.53. The maximum atomic E-state index is 13.3. The van der Waals surface area contributed by atoms with Crippen molar-refractivity contribution in [3.63, 3.8) is 0 Å². The molecule has 10 nitrogen and oxygen atoms in total. The predicted molar refractivity (Wildman–Crippen MR) is 136 cm³/mol. The first-order chi connectivity index (χ1) is 17.2. The van der Waals surface area contributed by atoms with Crippen molar-refractivity contribution in [2.75, 3.05) is 50.8 Å². The number of benzene rings is 2.